The summed E-state index contributed by atoms with van der Waals surface area (Å²) in [6, 6.07) is 26.3. The molecule has 334 valence electrons. The van der Waals surface area contributed by atoms with Crippen molar-refractivity contribution in [3.05, 3.63) is 139 Å². The van der Waals surface area contributed by atoms with Crippen molar-refractivity contribution in [2.24, 2.45) is 0 Å². The third-order valence-electron chi connectivity index (χ3n) is 16.3. The van der Waals surface area contributed by atoms with Crippen LogP contribution in [0.25, 0.3) is 23.3 Å². The van der Waals surface area contributed by atoms with Gasteiger partial charge in [-0.2, -0.15) is 0 Å². The molecule has 0 amide bonds. The predicted molar refractivity (Wildman–Crippen MR) is 272 cm³/mol. The zero-order chi connectivity index (χ0) is 46.4. The maximum atomic E-state index is 2.76. The van der Waals surface area contributed by atoms with Crippen LogP contribution in [0.1, 0.15) is 249 Å². The van der Waals surface area contributed by atoms with Crippen molar-refractivity contribution in [3.63, 3.8) is 0 Å². The summed E-state index contributed by atoms with van der Waals surface area (Å²) in [5.41, 5.74) is 25.4. The molecule has 8 rings (SSSR count). The summed E-state index contributed by atoms with van der Waals surface area (Å²) >= 11 is -1.72. The molecular weight excluding hydrogens is 923 g/mol. The third-order valence-corrected chi connectivity index (χ3v) is 23.2. The van der Waals surface area contributed by atoms with Gasteiger partial charge in [0.2, 0.25) is 0 Å². The molecule has 0 aliphatic heterocycles. The van der Waals surface area contributed by atoms with E-state index >= 15 is 0 Å². The predicted octanol–water partition coefficient (Wildman–Crippen LogP) is 17.5. The van der Waals surface area contributed by atoms with Crippen LogP contribution in [0, 0.1) is 0 Å². The van der Waals surface area contributed by atoms with Crippen LogP contribution in [-0.2, 0) is 66.2 Å². The first-order valence-electron chi connectivity index (χ1n) is 24.6. The molecule has 2 unspecified atom stereocenters. The fraction of sp³-hybridized carbons (Fsp3) is 0.548. The molecule has 0 spiro atoms. The minimum absolute atomic E-state index is 0.0511. The second-order valence-corrected chi connectivity index (χ2v) is 32.8. The first-order chi connectivity index (χ1) is 28.7. The van der Waals surface area contributed by atoms with Gasteiger partial charge in [-0.1, -0.05) is 0 Å². The fourth-order valence-corrected chi connectivity index (χ4v) is 18.6. The molecule has 0 fully saturated rings. The monoisotopic (exact) mass is 1010 g/mol. The van der Waals surface area contributed by atoms with E-state index in [2.05, 4.69) is 211 Å². The number of benzene rings is 4. The molecule has 4 aromatic rings. The van der Waals surface area contributed by atoms with E-state index in [4.69, 9.17) is 0 Å². The van der Waals surface area contributed by atoms with Crippen LogP contribution >= 0.6 is 0 Å². The Kier molecular flexibility index (Phi) is 11.0. The summed E-state index contributed by atoms with van der Waals surface area (Å²) in [7, 11) is 0. The Morgan fingerprint density at radius 1 is 0.365 bits per heavy atom. The summed E-state index contributed by atoms with van der Waals surface area (Å²) in [6.07, 6.45) is 10.3. The van der Waals surface area contributed by atoms with Gasteiger partial charge < -0.3 is 0 Å². The van der Waals surface area contributed by atoms with E-state index in [9.17, 15) is 0 Å². The molecule has 63 heavy (non-hydrogen) atoms. The summed E-state index contributed by atoms with van der Waals surface area (Å²) in [4.78, 5) is 0. The Morgan fingerprint density at radius 3 is 0.873 bits per heavy atom. The second kappa shape index (κ2) is 14.9. The van der Waals surface area contributed by atoms with Crippen molar-refractivity contribution in [3.8, 4) is 0 Å². The van der Waals surface area contributed by atoms with Gasteiger partial charge in [-0.25, -0.2) is 0 Å². The van der Waals surface area contributed by atoms with Crippen molar-refractivity contribution in [1.29, 1.82) is 0 Å². The van der Waals surface area contributed by atoms with E-state index in [1.807, 2.05) is 0 Å². The molecule has 0 N–H and O–H groups in total. The number of hydrogen-bond donors (Lipinski definition) is 0. The van der Waals surface area contributed by atoms with Crippen molar-refractivity contribution >= 4 is 23.3 Å². The number of fused-ring (bicyclic) bond motifs is 4. The van der Waals surface area contributed by atoms with Crippen LogP contribution in [0.5, 0.6) is 0 Å². The first-order valence-corrected chi connectivity index (χ1v) is 28.7. The van der Waals surface area contributed by atoms with E-state index in [1.165, 1.54) is 70.2 Å². The summed E-state index contributed by atoms with van der Waals surface area (Å²) < 4.78 is 0.892. The number of rotatable bonds is 4. The molecule has 0 nitrogen and oxygen atoms in total. The standard InChI is InChI=1S/2C31H41.Hf/c2*1-28(2,3)24-15-23(16-25(19-24)29(4,5)6)20-13-21-17-26-27(18-22(21)14-20)31(9,10)12-11-30(26,7)8;/h2*13-19H,11-12H2,1-10H3;. The molecule has 4 aliphatic carbocycles. The van der Waals surface area contributed by atoms with Crippen molar-refractivity contribution in [2.45, 2.75) is 215 Å². The Morgan fingerprint density at radius 2 is 0.619 bits per heavy atom. The van der Waals surface area contributed by atoms with Crippen LogP contribution in [0.2, 0.25) is 0 Å². The Hall–Kier alpha value is -2.77. The van der Waals surface area contributed by atoms with Gasteiger partial charge in [0.1, 0.15) is 0 Å². The van der Waals surface area contributed by atoms with E-state index in [-0.39, 0.29) is 43.3 Å². The second-order valence-electron chi connectivity index (χ2n) is 27.4. The van der Waals surface area contributed by atoms with Crippen molar-refractivity contribution in [1.82, 2.24) is 0 Å². The van der Waals surface area contributed by atoms with Crippen molar-refractivity contribution < 1.29 is 22.9 Å². The molecule has 1 heteroatoms. The Balaban J connectivity index is 1.40. The quantitative estimate of drug-likeness (QED) is 0.179. The average molecular weight is 1010 g/mol. The van der Waals surface area contributed by atoms with E-state index in [0.717, 1.165) is 0 Å². The zero-order valence-corrected chi connectivity index (χ0v) is 47.0. The molecule has 0 bridgehead atoms. The van der Waals surface area contributed by atoms with E-state index < -0.39 is 22.9 Å². The van der Waals surface area contributed by atoms with E-state index in [1.54, 1.807) is 44.5 Å². The van der Waals surface area contributed by atoms with Crippen LogP contribution in [0.4, 0.5) is 0 Å². The van der Waals surface area contributed by atoms with Gasteiger partial charge in [-0.05, 0) is 0 Å². The topological polar surface area (TPSA) is 0 Å². The number of allylic oxidation sites excluding steroid dienone is 2. The van der Waals surface area contributed by atoms with Gasteiger partial charge in [0.05, 0.1) is 0 Å². The summed E-state index contributed by atoms with van der Waals surface area (Å²) in [5.74, 6) is 0. The maximum absolute atomic E-state index is 2.76. The van der Waals surface area contributed by atoms with Gasteiger partial charge in [-0.3, -0.25) is 0 Å². The molecule has 0 saturated heterocycles. The van der Waals surface area contributed by atoms with Gasteiger partial charge in [0.25, 0.3) is 0 Å². The van der Waals surface area contributed by atoms with Crippen LogP contribution < -0.4 is 0 Å². The summed E-state index contributed by atoms with van der Waals surface area (Å²) in [6.45, 7) is 48.9. The van der Waals surface area contributed by atoms with Gasteiger partial charge >= 0.3 is 400 Å². The molecular formula is C62H82Hf. The normalized spacial score (nSPS) is 22.1. The van der Waals surface area contributed by atoms with E-state index in [0.29, 0.717) is 7.35 Å². The molecule has 0 aromatic heterocycles. The molecule has 2 atom stereocenters. The third kappa shape index (κ3) is 8.48. The molecule has 0 saturated carbocycles. The summed E-state index contributed by atoms with van der Waals surface area (Å²) in [5, 5.41) is 0. The van der Waals surface area contributed by atoms with Crippen LogP contribution in [-0.4, -0.2) is 0 Å². The SMILES string of the molecule is CC(C)(C)c1cc(C2=Cc3cc4c(cc3[CH]2[Hf][CH]2C(c3cc(C(C)(C)C)cc(C(C)(C)C)c3)=Cc3cc5c(cc32)C(C)(C)CCC5(C)C)C(C)(C)CCC4(C)C)cc(C(C)(C)C)c1. The van der Waals surface area contributed by atoms with Gasteiger partial charge in [0.15, 0.2) is 0 Å². The average Bonchev–Trinajstić information content (AvgIpc) is 3.70. The first kappa shape index (κ1) is 46.7. The molecule has 0 heterocycles. The van der Waals surface area contributed by atoms with Gasteiger partial charge in [-0.15, -0.1) is 0 Å². The number of hydrogen-bond acceptors (Lipinski definition) is 0. The molecule has 0 radical (unpaired) electrons. The fourth-order valence-electron chi connectivity index (χ4n) is 11.2. The van der Waals surface area contributed by atoms with Crippen molar-refractivity contribution in [2.75, 3.05) is 0 Å². The minimum atomic E-state index is -1.72. The van der Waals surface area contributed by atoms with Gasteiger partial charge in [0, 0.05) is 0 Å². The van der Waals surface area contributed by atoms with Crippen LogP contribution in [0.3, 0.4) is 0 Å². The Labute approximate surface area is 397 Å². The molecule has 4 aliphatic rings. The Bertz CT molecular complexity index is 2320. The zero-order valence-electron chi connectivity index (χ0n) is 43.4. The van der Waals surface area contributed by atoms with Crippen LogP contribution in [0.15, 0.2) is 60.7 Å². The molecule has 4 aromatic carbocycles.